The number of fused-ring (bicyclic) bond motifs is 2. The Morgan fingerprint density at radius 2 is 1.81 bits per heavy atom. The second-order valence-electron chi connectivity index (χ2n) is 6.05. The molecular weight excluding hydrogens is 348 g/mol. The first-order valence-corrected chi connectivity index (χ1v) is 9.25. The van der Waals surface area contributed by atoms with E-state index in [-0.39, 0.29) is 11.2 Å². The van der Waals surface area contributed by atoms with Crippen molar-refractivity contribution in [3.8, 4) is 22.6 Å². The highest BCUT2D eigenvalue weighted by Gasteiger charge is 2.18. The van der Waals surface area contributed by atoms with Gasteiger partial charge in [0.05, 0.1) is 15.8 Å². The molecule has 0 spiro atoms. The maximum Gasteiger partial charge on any atom is 0.230 e. The van der Waals surface area contributed by atoms with Crippen molar-refractivity contribution in [2.45, 2.75) is 17.2 Å². The molecule has 0 saturated carbocycles. The van der Waals surface area contributed by atoms with E-state index in [1.807, 2.05) is 36.4 Å². The molecule has 132 valence electrons. The number of aromatic nitrogens is 1. The first kappa shape index (κ1) is 16.7. The monoisotopic (exact) mass is 366 g/mol. The van der Waals surface area contributed by atoms with Crippen molar-refractivity contribution in [2.24, 2.45) is 5.73 Å². The molecule has 1 aliphatic rings. The molecule has 0 bridgehead atoms. The zero-order valence-electron chi connectivity index (χ0n) is 14.3. The Balaban J connectivity index is 1.91. The first-order chi connectivity index (χ1) is 12.6. The summed E-state index contributed by atoms with van der Waals surface area (Å²) in [6.45, 7) is 2.85. The van der Waals surface area contributed by atoms with Crippen molar-refractivity contribution >= 4 is 28.6 Å². The lowest BCUT2D eigenvalue weighted by atomic mass is 10.0. The van der Waals surface area contributed by atoms with Crippen molar-refractivity contribution in [3.05, 3.63) is 48.5 Å². The van der Waals surface area contributed by atoms with Gasteiger partial charge in [0.15, 0.2) is 11.5 Å². The summed E-state index contributed by atoms with van der Waals surface area (Å²) in [7, 11) is 0. The van der Waals surface area contributed by atoms with Crippen LogP contribution >= 0.6 is 11.8 Å². The van der Waals surface area contributed by atoms with Crippen molar-refractivity contribution in [1.82, 2.24) is 4.98 Å². The van der Waals surface area contributed by atoms with Gasteiger partial charge in [0.2, 0.25) is 5.91 Å². The fourth-order valence-electron chi connectivity index (χ4n) is 2.89. The van der Waals surface area contributed by atoms with Crippen molar-refractivity contribution in [3.63, 3.8) is 0 Å². The number of amides is 1. The highest BCUT2D eigenvalue weighted by Crippen LogP contribution is 2.39. The van der Waals surface area contributed by atoms with Crippen LogP contribution in [0.4, 0.5) is 0 Å². The molecule has 1 amide bonds. The number of nitrogens with two attached hydrogens (primary N) is 1. The van der Waals surface area contributed by atoms with Gasteiger partial charge in [-0.3, -0.25) is 4.79 Å². The second kappa shape index (κ2) is 6.88. The van der Waals surface area contributed by atoms with Gasteiger partial charge in [0, 0.05) is 11.5 Å². The van der Waals surface area contributed by atoms with Crippen molar-refractivity contribution < 1.29 is 14.3 Å². The minimum absolute atomic E-state index is 0.360. The third-order valence-electron chi connectivity index (χ3n) is 4.23. The summed E-state index contributed by atoms with van der Waals surface area (Å²) >= 11 is 1.36. The lowest BCUT2D eigenvalue weighted by molar-refractivity contribution is -0.117. The van der Waals surface area contributed by atoms with Crippen molar-refractivity contribution in [1.29, 1.82) is 0 Å². The summed E-state index contributed by atoms with van der Waals surface area (Å²) in [5, 5.41) is 1.37. The Labute approximate surface area is 155 Å². The van der Waals surface area contributed by atoms with Crippen LogP contribution < -0.4 is 15.2 Å². The Bertz CT molecular complexity index is 976. The summed E-state index contributed by atoms with van der Waals surface area (Å²) in [6, 6.07) is 16.0. The number of thioether (sulfide) groups is 1. The van der Waals surface area contributed by atoms with Crippen LogP contribution in [-0.2, 0) is 4.79 Å². The minimum Gasteiger partial charge on any atom is -0.486 e. The molecule has 0 radical (unpaired) electrons. The van der Waals surface area contributed by atoms with Crippen molar-refractivity contribution in [2.75, 3.05) is 13.2 Å². The van der Waals surface area contributed by atoms with E-state index in [0.717, 1.165) is 32.8 Å². The number of benzene rings is 2. The molecule has 4 rings (SSSR count). The van der Waals surface area contributed by atoms with E-state index in [1.165, 1.54) is 11.8 Å². The van der Waals surface area contributed by atoms with Gasteiger partial charge in [-0.25, -0.2) is 4.98 Å². The van der Waals surface area contributed by atoms with Crippen LogP contribution in [0.2, 0.25) is 0 Å². The molecular formula is C20H18N2O3S. The van der Waals surface area contributed by atoms with Crippen LogP contribution in [0.1, 0.15) is 6.92 Å². The standard InChI is InChI=1S/C20H18N2O3S/c1-12(20(21)23)26-19-10-14(13-5-3-2-4-6-13)15-9-17-18(11-16(15)22-19)25-8-7-24-17/h2-6,9-12H,7-8H2,1H3,(H2,21,23). The van der Waals surface area contributed by atoms with Gasteiger partial charge in [-0.1, -0.05) is 42.1 Å². The number of hydrogen-bond acceptors (Lipinski definition) is 5. The number of rotatable bonds is 4. The number of hydrogen-bond donors (Lipinski definition) is 1. The molecule has 2 heterocycles. The van der Waals surface area contributed by atoms with Gasteiger partial charge < -0.3 is 15.2 Å². The normalized spacial score (nSPS) is 14.2. The molecule has 5 nitrogen and oxygen atoms in total. The molecule has 0 aliphatic carbocycles. The third kappa shape index (κ3) is 3.20. The zero-order valence-corrected chi connectivity index (χ0v) is 15.1. The van der Waals surface area contributed by atoms with Gasteiger partial charge in [-0.05, 0) is 30.2 Å². The number of carbonyl (C=O) groups is 1. The fraction of sp³-hybridized carbons (Fsp3) is 0.200. The molecule has 1 aromatic heterocycles. The average Bonchev–Trinajstić information content (AvgIpc) is 2.66. The Morgan fingerprint density at radius 1 is 1.12 bits per heavy atom. The molecule has 0 fully saturated rings. The van der Waals surface area contributed by atoms with E-state index in [1.54, 1.807) is 6.92 Å². The average molecular weight is 366 g/mol. The quantitative estimate of drug-likeness (QED) is 0.714. The molecule has 1 aliphatic heterocycles. The lowest BCUT2D eigenvalue weighted by Gasteiger charge is -2.20. The lowest BCUT2D eigenvalue weighted by Crippen LogP contribution is -2.22. The second-order valence-corrected chi connectivity index (χ2v) is 7.41. The first-order valence-electron chi connectivity index (χ1n) is 8.37. The maximum atomic E-state index is 11.5. The Morgan fingerprint density at radius 3 is 2.50 bits per heavy atom. The summed E-state index contributed by atoms with van der Waals surface area (Å²) < 4.78 is 11.4. The highest BCUT2D eigenvalue weighted by atomic mass is 32.2. The fourth-order valence-corrected chi connectivity index (χ4v) is 3.71. The van der Waals surface area contributed by atoms with E-state index >= 15 is 0 Å². The zero-order chi connectivity index (χ0) is 18.1. The smallest absolute Gasteiger partial charge is 0.230 e. The molecule has 1 unspecified atom stereocenters. The van der Waals surface area contributed by atoms with Crippen LogP contribution in [0, 0.1) is 0 Å². The van der Waals surface area contributed by atoms with E-state index < -0.39 is 0 Å². The van der Waals surface area contributed by atoms with Gasteiger partial charge in [-0.15, -0.1) is 0 Å². The van der Waals surface area contributed by atoms with E-state index in [4.69, 9.17) is 20.2 Å². The van der Waals surface area contributed by atoms with Crippen LogP contribution in [0.3, 0.4) is 0 Å². The van der Waals surface area contributed by atoms with E-state index in [0.29, 0.717) is 19.0 Å². The summed E-state index contributed by atoms with van der Waals surface area (Å²) in [5.74, 6) is 1.06. The molecule has 1 atom stereocenters. The number of carbonyl (C=O) groups excluding carboxylic acids is 1. The molecule has 6 heteroatoms. The third-order valence-corrected chi connectivity index (χ3v) is 5.27. The molecule has 2 N–H and O–H groups in total. The minimum atomic E-state index is -0.361. The molecule has 2 aromatic carbocycles. The van der Waals surface area contributed by atoms with Gasteiger partial charge >= 0.3 is 0 Å². The molecule has 0 saturated heterocycles. The number of ether oxygens (including phenoxy) is 2. The predicted molar refractivity (Wildman–Crippen MR) is 103 cm³/mol. The SMILES string of the molecule is CC(Sc1cc(-c2ccccc2)c2cc3c(cc2n1)OCCO3)C(N)=O. The predicted octanol–water partition coefficient (Wildman–Crippen LogP) is 3.64. The van der Waals surface area contributed by atoms with Crippen LogP contribution in [0.25, 0.3) is 22.0 Å². The number of nitrogens with zero attached hydrogens (tertiary/aromatic N) is 1. The van der Waals surface area contributed by atoms with Crippen LogP contribution in [-0.4, -0.2) is 29.4 Å². The number of primary amides is 1. The van der Waals surface area contributed by atoms with Crippen LogP contribution in [0.15, 0.2) is 53.6 Å². The van der Waals surface area contributed by atoms with E-state index in [9.17, 15) is 4.79 Å². The summed E-state index contributed by atoms with van der Waals surface area (Å²) in [5.41, 5.74) is 8.32. The Kier molecular flexibility index (Phi) is 4.42. The van der Waals surface area contributed by atoms with Gasteiger partial charge in [-0.2, -0.15) is 0 Å². The van der Waals surface area contributed by atoms with Gasteiger partial charge in [0.1, 0.15) is 13.2 Å². The summed E-state index contributed by atoms with van der Waals surface area (Å²) in [6.07, 6.45) is 0. The topological polar surface area (TPSA) is 74.4 Å². The highest BCUT2D eigenvalue weighted by molar-refractivity contribution is 8.00. The van der Waals surface area contributed by atoms with Gasteiger partial charge in [0.25, 0.3) is 0 Å². The van der Waals surface area contributed by atoms with Crippen LogP contribution in [0.5, 0.6) is 11.5 Å². The molecule has 26 heavy (non-hydrogen) atoms. The summed E-state index contributed by atoms with van der Waals surface area (Å²) in [4.78, 5) is 16.2. The largest absolute Gasteiger partial charge is 0.486 e. The van der Waals surface area contributed by atoms with E-state index in [2.05, 4.69) is 12.1 Å². The molecule has 3 aromatic rings. The number of pyridine rings is 1. The Hall–Kier alpha value is -2.73. The maximum absolute atomic E-state index is 11.5.